The van der Waals surface area contributed by atoms with E-state index in [1.54, 1.807) is 17.0 Å². The Balaban J connectivity index is 2.25. The largest absolute Gasteiger partial charge is 0.477 e. The van der Waals surface area contributed by atoms with Gasteiger partial charge in [-0.2, -0.15) is 8.42 Å². The fourth-order valence-electron chi connectivity index (χ4n) is 1.99. The minimum atomic E-state index is -4.03. The van der Waals surface area contributed by atoms with Gasteiger partial charge in [0.15, 0.2) is 11.4 Å². The summed E-state index contributed by atoms with van der Waals surface area (Å²) in [4.78, 5) is 25.6. The van der Waals surface area contributed by atoms with Crippen molar-refractivity contribution >= 4 is 22.1 Å². The summed E-state index contributed by atoms with van der Waals surface area (Å²) in [7, 11) is -4.03. The Morgan fingerprint density at radius 3 is 2.25 bits per heavy atom. The van der Waals surface area contributed by atoms with E-state index in [4.69, 9.17) is 14.8 Å². The molecular weight excluding hydrogens is 342 g/mol. The molecule has 0 saturated heterocycles. The molecule has 0 atom stereocenters. The van der Waals surface area contributed by atoms with Gasteiger partial charge in [-0.05, 0) is 0 Å². The lowest BCUT2D eigenvalue weighted by atomic mass is 10.2. The van der Waals surface area contributed by atoms with Crippen LogP contribution in [0.2, 0.25) is 0 Å². The summed E-state index contributed by atoms with van der Waals surface area (Å²) in [5.74, 6) is -3.09. The van der Waals surface area contributed by atoms with E-state index in [2.05, 4.69) is 4.98 Å². The fraction of sp³-hybridized carbons (Fsp3) is 0.231. The Labute approximate surface area is 136 Å². The highest BCUT2D eigenvalue weighted by Gasteiger charge is 2.17. The van der Waals surface area contributed by atoms with E-state index in [1.807, 2.05) is 0 Å². The Morgan fingerprint density at radius 2 is 1.75 bits per heavy atom. The number of aromatic carboxylic acids is 2. The van der Waals surface area contributed by atoms with Crippen LogP contribution in [0.1, 0.15) is 27.4 Å². The number of nitrogens with zero attached hydrogens (tertiary/aromatic N) is 3. The number of carboxylic acid groups (broad SMARTS) is 2. The second kappa shape index (κ2) is 6.76. The zero-order chi connectivity index (χ0) is 17.9. The van der Waals surface area contributed by atoms with Crippen molar-refractivity contribution in [3.8, 4) is 5.69 Å². The van der Waals surface area contributed by atoms with Gasteiger partial charge in [-0.3, -0.25) is 4.55 Å². The zero-order valence-electron chi connectivity index (χ0n) is 12.2. The van der Waals surface area contributed by atoms with Crippen molar-refractivity contribution in [2.45, 2.75) is 13.0 Å². The molecule has 0 bridgehead atoms. The summed E-state index contributed by atoms with van der Waals surface area (Å²) in [5, 5.41) is 18.0. The number of carbonyl (C=O) groups is 2. The number of hydrogen-bond donors (Lipinski definition) is 3. The van der Waals surface area contributed by atoms with Crippen molar-refractivity contribution < 1.29 is 37.3 Å². The summed E-state index contributed by atoms with van der Waals surface area (Å²) in [6.45, 7) is 0.301. The molecule has 24 heavy (non-hydrogen) atoms. The fourth-order valence-corrected chi connectivity index (χ4v) is 2.49. The standard InChI is InChI=1S/C13H13N3O7S/c17-12(18)10-6-9(7-11(14-10)13(19)20)16-4-3-15(8-16)2-1-5-24(21,22)23/h3-4,6-8H,1-2,5H2,(H2-,17,18,19,20,21,22,23)/p+1. The molecule has 0 fully saturated rings. The molecular formula is C13H14N3O7S+. The predicted octanol–water partition coefficient (Wildman–Crippen LogP) is -0.166. The van der Waals surface area contributed by atoms with Crippen molar-refractivity contribution in [1.29, 1.82) is 0 Å². The number of rotatable bonds is 7. The Kier molecular flexibility index (Phi) is 4.95. The summed E-state index contributed by atoms with van der Waals surface area (Å²) in [6, 6.07) is 2.44. The molecule has 0 aliphatic rings. The van der Waals surface area contributed by atoms with Crippen molar-refractivity contribution in [3.05, 3.63) is 42.2 Å². The van der Waals surface area contributed by atoms with Gasteiger partial charge < -0.3 is 10.2 Å². The van der Waals surface area contributed by atoms with Gasteiger partial charge in [-0.1, -0.05) is 0 Å². The van der Waals surface area contributed by atoms with Gasteiger partial charge in [0.05, 0.1) is 12.3 Å². The number of carboxylic acids is 2. The average molecular weight is 356 g/mol. The Hall–Kier alpha value is -2.79. The van der Waals surface area contributed by atoms with Crippen LogP contribution < -0.4 is 4.57 Å². The molecule has 0 saturated carbocycles. The van der Waals surface area contributed by atoms with Crippen molar-refractivity contribution in [2.75, 3.05) is 5.75 Å². The van der Waals surface area contributed by atoms with Crippen LogP contribution in [0.5, 0.6) is 0 Å². The number of pyridine rings is 1. The monoisotopic (exact) mass is 356 g/mol. The van der Waals surface area contributed by atoms with Gasteiger partial charge in [-0.15, -0.1) is 0 Å². The summed E-state index contributed by atoms with van der Waals surface area (Å²) >= 11 is 0. The Morgan fingerprint density at radius 1 is 1.17 bits per heavy atom. The zero-order valence-corrected chi connectivity index (χ0v) is 13.0. The van der Waals surface area contributed by atoms with Gasteiger partial charge in [-0.25, -0.2) is 23.7 Å². The molecule has 0 aromatic carbocycles. The van der Waals surface area contributed by atoms with Crippen LogP contribution >= 0.6 is 0 Å². The number of aromatic nitrogens is 3. The van der Waals surface area contributed by atoms with E-state index < -0.39 is 33.4 Å². The highest BCUT2D eigenvalue weighted by Crippen LogP contribution is 2.11. The van der Waals surface area contributed by atoms with E-state index in [9.17, 15) is 18.0 Å². The molecule has 0 unspecified atom stereocenters. The topological polar surface area (TPSA) is 151 Å². The second-order valence-corrected chi connectivity index (χ2v) is 6.48. The molecule has 2 aromatic heterocycles. The highest BCUT2D eigenvalue weighted by atomic mass is 32.2. The first-order valence-electron chi connectivity index (χ1n) is 6.67. The third-order valence-corrected chi connectivity index (χ3v) is 3.86. The molecule has 0 spiro atoms. The van der Waals surface area contributed by atoms with Gasteiger partial charge in [0.2, 0.25) is 6.33 Å². The second-order valence-electron chi connectivity index (χ2n) is 4.90. The number of aryl methyl sites for hydroxylation is 1. The maximum atomic E-state index is 11.0. The van der Waals surface area contributed by atoms with Crippen molar-refractivity contribution in [2.24, 2.45) is 0 Å². The van der Waals surface area contributed by atoms with Crippen molar-refractivity contribution in [1.82, 2.24) is 9.55 Å². The van der Waals surface area contributed by atoms with E-state index in [1.165, 1.54) is 23.0 Å². The van der Waals surface area contributed by atoms with Crippen LogP contribution in [0, 0.1) is 0 Å². The molecule has 2 rings (SSSR count). The molecule has 0 amide bonds. The summed E-state index contributed by atoms with van der Waals surface area (Å²) in [5.41, 5.74) is -0.527. The Bertz CT molecular complexity index is 856. The van der Waals surface area contributed by atoms with Crippen molar-refractivity contribution in [3.63, 3.8) is 0 Å². The smallest absolute Gasteiger partial charge is 0.354 e. The molecule has 0 radical (unpaired) electrons. The number of imidazole rings is 1. The van der Waals surface area contributed by atoms with Crippen LogP contribution in [0.3, 0.4) is 0 Å². The highest BCUT2D eigenvalue weighted by molar-refractivity contribution is 7.85. The maximum absolute atomic E-state index is 11.0. The summed E-state index contributed by atoms with van der Waals surface area (Å²) < 4.78 is 33.1. The van der Waals surface area contributed by atoms with Gasteiger partial charge in [0.25, 0.3) is 10.1 Å². The van der Waals surface area contributed by atoms with Gasteiger partial charge >= 0.3 is 11.9 Å². The lowest BCUT2D eigenvalue weighted by Crippen LogP contribution is -2.32. The van der Waals surface area contributed by atoms with E-state index >= 15 is 0 Å². The number of hydrogen-bond acceptors (Lipinski definition) is 5. The van der Waals surface area contributed by atoms with E-state index in [-0.39, 0.29) is 17.9 Å². The SMILES string of the molecule is O=C(O)c1cc(-n2cc[n+](CCCS(=O)(=O)O)c2)cc(C(=O)O)n1. The van der Waals surface area contributed by atoms with Gasteiger partial charge in [0.1, 0.15) is 18.1 Å². The van der Waals surface area contributed by atoms with Crippen LogP contribution in [-0.2, 0) is 16.7 Å². The van der Waals surface area contributed by atoms with Crippen LogP contribution in [-0.4, -0.2) is 50.4 Å². The van der Waals surface area contributed by atoms with Crippen LogP contribution in [0.25, 0.3) is 5.69 Å². The third kappa shape index (κ3) is 4.60. The maximum Gasteiger partial charge on any atom is 0.354 e. The lowest BCUT2D eigenvalue weighted by Gasteiger charge is -2.01. The molecule has 128 valence electrons. The quantitative estimate of drug-likeness (QED) is 0.457. The molecule has 0 aliphatic carbocycles. The minimum Gasteiger partial charge on any atom is -0.477 e. The average Bonchev–Trinajstić information content (AvgIpc) is 2.94. The van der Waals surface area contributed by atoms with Gasteiger partial charge in [0, 0.05) is 18.6 Å². The van der Waals surface area contributed by atoms with E-state index in [0.29, 0.717) is 6.54 Å². The van der Waals surface area contributed by atoms with Crippen LogP contribution in [0.15, 0.2) is 30.9 Å². The molecule has 0 aliphatic heterocycles. The van der Waals surface area contributed by atoms with E-state index in [0.717, 1.165) is 0 Å². The molecule has 11 heteroatoms. The molecule has 3 N–H and O–H groups in total. The molecule has 2 heterocycles. The first-order chi connectivity index (χ1) is 11.2. The van der Waals surface area contributed by atoms with Crippen LogP contribution in [0.4, 0.5) is 0 Å². The predicted molar refractivity (Wildman–Crippen MR) is 78.7 cm³/mol. The third-order valence-electron chi connectivity index (χ3n) is 3.06. The first-order valence-corrected chi connectivity index (χ1v) is 8.28. The minimum absolute atomic E-state index is 0.185. The lowest BCUT2D eigenvalue weighted by molar-refractivity contribution is -0.696. The first kappa shape index (κ1) is 17.6. The normalized spacial score (nSPS) is 11.4. The molecule has 10 nitrogen and oxygen atoms in total. The summed E-state index contributed by atoms with van der Waals surface area (Å²) in [6.07, 6.45) is 4.88. The molecule has 2 aromatic rings.